The summed E-state index contributed by atoms with van der Waals surface area (Å²) < 4.78 is 58.3. The lowest BCUT2D eigenvalue weighted by atomic mass is 9.91. The van der Waals surface area contributed by atoms with E-state index in [1.807, 2.05) is 32.0 Å². The van der Waals surface area contributed by atoms with Gasteiger partial charge in [0, 0.05) is 43.9 Å². The highest BCUT2D eigenvalue weighted by molar-refractivity contribution is 5.94. The minimum absolute atomic E-state index is 0.00502. The zero-order valence-corrected chi connectivity index (χ0v) is 19.3. The molecule has 1 aliphatic carbocycles. The Labute approximate surface area is 198 Å². The van der Waals surface area contributed by atoms with Gasteiger partial charge >= 0.3 is 12.1 Å². The average molecular weight is 503 g/mol. The topological polar surface area (TPSA) is 107 Å². The summed E-state index contributed by atoms with van der Waals surface area (Å²) in [7, 11) is 3.87. The van der Waals surface area contributed by atoms with E-state index in [1.165, 1.54) is 0 Å². The van der Waals surface area contributed by atoms with Crippen molar-refractivity contribution >= 4 is 23.5 Å². The van der Waals surface area contributed by atoms with Crippen molar-refractivity contribution in [3.05, 3.63) is 47.3 Å². The molecule has 35 heavy (non-hydrogen) atoms. The Morgan fingerprint density at radius 1 is 0.971 bits per heavy atom. The van der Waals surface area contributed by atoms with Crippen molar-refractivity contribution in [3.63, 3.8) is 0 Å². The maximum absolute atomic E-state index is 13.3. The number of aliphatic carboxylic acids is 1. The number of anilines is 2. The number of carbonyl (C=O) groups is 2. The molecule has 13 heteroatoms. The second-order valence-corrected chi connectivity index (χ2v) is 8.18. The van der Waals surface area contributed by atoms with Gasteiger partial charge in [-0.3, -0.25) is 4.79 Å². The van der Waals surface area contributed by atoms with Crippen molar-refractivity contribution in [1.82, 2.24) is 15.3 Å². The van der Waals surface area contributed by atoms with Crippen LogP contribution < -0.4 is 15.5 Å². The van der Waals surface area contributed by atoms with Gasteiger partial charge in [0.1, 0.15) is 29.1 Å². The van der Waals surface area contributed by atoms with Gasteiger partial charge in [0.2, 0.25) is 0 Å². The first-order valence-electron chi connectivity index (χ1n) is 10.6. The van der Waals surface area contributed by atoms with E-state index in [2.05, 4.69) is 20.6 Å². The number of rotatable bonds is 5. The van der Waals surface area contributed by atoms with E-state index in [0.29, 0.717) is 5.82 Å². The van der Waals surface area contributed by atoms with Crippen LogP contribution in [-0.2, 0) is 4.79 Å². The molecule has 0 radical (unpaired) electrons. The van der Waals surface area contributed by atoms with Crippen LogP contribution in [0.15, 0.2) is 24.3 Å². The van der Waals surface area contributed by atoms with Gasteiger partial charge in [0.05, 0.1) is 0 Å². The maximum Gasteiger partial charge on any atom is 0.490 e. The van der Waals surface area contributed by atoms with Crippen LogP contribution in [0.25, 0.3) is 0 Å². The molecule has 1 heterocycles. The molecule has 0 spiro atoms. The molecule has 3 N–H and O–H groups in total. The van der Waals surface area contributed by atoms with Crippen LogP contribution >= 0.6 is 0 Å². The molecule has 1 aromatic carbocycles. The Bertz CT molecular complexity index is 1020. The van der Waals surface area contributed by atoms with E-state index in [9.17, 15) is 26.7 Å². The molecule has 0 unspecified atom stereocenters. The summed E-state index contributed by atoms with van der Waals surface area (Å²) in [5, 5.41) is 13.4. The number of aromatic nitrogens is 2. The fourth-order valence-electron chi connectivity index (χ4n) is 3.40. The maximum atomic E-state index is 13.3. The van der Waals surface area contributed by atoms with E-state index < -0.39 is 29.7 Å². The molecule has 192 valence electrons. The number of benzene rings is 1. The first kappa shape index (κ1) is 27.7. The lowest BCUT2D eigenvalue weighted by Gasteiger charge is -2.30. The van der Waals surface area contributed by atoms with Crippen LogP contribution in [-0.4, -0.2) is 59.3 Å². The van der Waals surface area contributed by atoms with Crippen LogP contribution in [0, 0.1) is 18.6 Å². The molecule has 0 bridgehead atoms. The van der Waals surface area contributed by atoms with Crippen molar-refractivity contribution in [1.29, 1.82) is 0 Å². The molecule has 1 saturated carbocycles. The highest BCUT2D eigenvalue weighted by Gasteiger charge is 2.38. The Kier molecular flexibility index (Phi) is 9.32. The Balaban J connectivity index is 0.000000540. The van der Waals surface area contributed by atoms with E-state index in [4.69, 9.17) is 9.90 Å². The number of aryl methyl sites for hydroxylation is 1. The highest BCUT2D eigenvalue weighted by Crippen LogP contribution is 2.23. The second-order valence-electron chi connectivity index (χ2n) is 8.18. The van der Waals surface area contributed by atoms with Gasteiger partial charge in [-0.15, -0.1) is 0 Å². The van der Waals surface area contributed by atoms with Gasteiger partial charge in [-0.05, 0) is 44.7 Å². The highest BCUT2D eigenvalue weighted by atomic mass is 19.4. The SMILES string of the molecule is Cc1nc(N[C@H]2CC[C@@H](NC(=O)c3cc(F)cc(F)c3)CC2)cc(N(C)C)n1.O=C(O)C(F)(F)F. The van der Waals surface area contributed by atoms with Crippen LogP contribution in [0.1, 0.15) is 41.9 Å². The minimum atomic E-state index is -5.08. The van der Waals surface area contributed by atoms with Gasteiger partial charge in [-0.1, -0.05) is 0 Å². The quantitative estimate of drug-likeness (QED) is 0.531. The number of carboxylic acids is 1. The predicted molar refractivity (Wildman–Crippen MR) is 118 cm³/mol. The summed E-state index contributed by atoms with van der Waals surface area (Å²) in [6.07, 6.45) is -1.79. The summed E-state index contributed by atoms with van der Waals surface area (Å²) in [6, 6.07) is 5.01. The van der Waals surface area contributed by atoms with Crippen molar-refractivity contribution < 1.29 is 36.6 Å². The molecular formula is C22H26F5N5O3. The molecular weight excluding hydrogens is 477 g/mol. The molecule has 1 amide bonds. The van der Waals surface area contributed by atoms with E-state index >= 15 is 0 Å². The van der Waals surface area contributed by atoms with Crippen molar-refractivity contribution in [2.24, 2.45) is 0 Å². The third-order valence-corrected chi connectivity index (χ3v) is 5.06. The average Bonchev–Trinajstić information content (AvgIpc) is 2.73. The summed E-state index contributed by atoms with van der Waals surface area (Å²) in [4.78, 5) is 31.9. The fraction of sp³-hybridized carbons (Fsp3) is 0.455. The fourth-order valence-corrected chi connectivity index (χ4v) is 3.40. The lowest BCUT2D eigenvalue weighted by Crippen LogP contribution is -2.40. The minimum Gasteiger partial charge on any atom is -0.475 e. The largest absolute Gasteiger partial charge is 0.490 e. The molecule has 3 rings (SSSR count). The number of amides is 1. The van der Waals surface area contributed by atoms with Gasteiger partial charge in [0.15, 0.2) is 0 Å². The van der Waals surface area contributed by atoms with Gasteiger partial charge < -0.3 is 20.6 Å². The van der Waals surface area contributed by atoms with Crippen molar-refractivity contribution in [2.75, 3.05) is 24.3 Å². The molecule has 1 aliphatic rings. The summed E-state index contributed by atoms with van der Waals surface area (Å²) in [5.41, 5.74) is 0.00502. The summed E-state index contributed by atoms with van der Waals surface area (Å²) in [6.45, 7) is 1.86. The standard InChI is InChI=1S/C20H25F2N5O.C2HF3O2/c1-12-23-18(11-19(24-12)27(2)3)25-16-4-6-17(7-5-16)26-20(28)13-8-14(21)10-15(22)9-13;3-2(4,5)1(6)7/h8-11,16-17H,4-7H2,1-3H3,(H,26,28)(H,23,24,25);(H,6,7)/t16-,17+;. The third-order valence-electron chi connectivity index (χ3n) is 5.06. The first-order chi connectivity index (χ1) is 16.2. The monoisotopic (exact) mass is 503 g/mol. The van der Waals surface area contributed by atoms with Gasteiger partial charge in [-0.25, -0.2) is 23.5 Å². The summed E-state index contributed by atoms with van der Waals surface area (Å²) in [5.74, 6) is -2.37. The third kappa shape index (κ3) is 8.98. The van der Waals surface area contributed by atoms with E-state index in [0.717, 1.165) is 55.5 Å². The summed E-state index contributed by atoms with van der Waals surface area (Å²) >= 11 is 0. The number of nitrogens with zero attached hydrogens (tertiary/aromatic N) is 3. The molecule has 1 aromatic heterocycles. The Morgan fingerprint density at radius 3 is 1.97 bits per heavy atom. The zero-order valence-electron chi connectivity index (χ0n) is 19.3. The molecule has 0 atom stereocenters. The number of carboxylic acid groups (broad SMARTS) is 1. The van der Waals surface area contributed by atoms with E-state index in [1.54, 1.807) is 0 Å². The predicted octanol–water partition coefficient (Wildman–Crippen LogP) is 3.92. The van der Waals surface area contributed by atoms with E-state index in [-0.39, 0.29) is 17.6 Å². The van der Waals surface area contributed by atoms with Gasteiger partial charge in [-0.2, -0.15) is 13.2 Å². The molecule has 8 nitrogen and oxygen atoms in total. The number of hydrogen-bond acceptors (Lipinski definition) is 6. The second kappa shape index (κ2) is 11.8. The zero-order chi connectivity index (χ0) is 26.3. The van der Waals surface area contributed by atoms with Gasteiger partial charge in [0.25, 0.3) is 5.91 Å². The molecule has 0 saturated heterocycles. The van der Waals surface area contributed by atoms with Crippen LogP contribution in [0.3, 0.4) is 0 Å². The number of carbonyl (C=O) groups excluding carboxylic acids is 1. The Hall–Kier alpha value is -3.51. The normalized spacial score (nSPS) is 17.6. The number of alkyl halides is 3. The number of nitrogens with one attached hydrogen (secondary N) is 2. The first-order valence-corrected chi connectivity index (χ1v) is 10.6. The van der Waals surface area contributed by atoms with Crippen LogP contribution in [0.2, 0.25) is 0 Å². The van der Waals surface area contributed by atoms with Crippen LogP contribution in [0.5, 0.6) is 0 Å². The molecule has 0 aliphatic heterocycles. The molecule has 2 aromatic rings. The van der Waals surface area contributed by atoms with Crippen LogP contribution in [0.4, 0.5) is 33.6 Å². The number of halogens is 5. The Morgan fingerprint density at radius 2 is 1.49 bits per heavy atom. The van der Waals surface area contributed by atoms with Crippen molar-refractivity contribution in [2.45, 2.75) is 50.9 Å². The van der Waals surface area contributed by atoms with Crippen molar-refractivity contribution in [3.8, 4) is 0 Å². The molecule has 1 fully saturated rings. The smallest absolute Gasteiger partial charge is 0.475 e. The number of hydrogen-bond donors (Lipinski definition) is 3. The lowest BCUT2D eigenvalue weighted by molar-refractivity contribution is -0.192.